The first kappa shape index (κ1) is 17.6. The van der Waals surface area contributed by atoms with Gasteiger partial charge in [0.2, 0.25) is 5.91 Å². The normalized spacial score (nSPS) is 16.7. The molecule has 3 rings (SSSR count). The number of aromatic amines is 1. The number of hydrogen-bond donors (Lipinski definition) is 2. The largest absolute Gasteiger partial charge is 0.341 e. The van der Waals surface area contributed by atoms with Crippen molar-refractivity contribution < 1.29 is 4.79 Å². The van der Waals surface area contributed by atoms with E-state index in [-0.39, 0.29) is 22.4 Å². The van der Waals surface area contributed by atoms with Crippen LogP contribution in [0.15, 0.2) is 29.3 Å². The molecule has 1 unspecified atom stereocenters. The van der Waals surface area contributed by atoms with Gasteiger partial charge in [-0.05, 0) is 31.9 Å². The van der Waals surface area contributed by atoms with Gasteiger partial charge in [0.1, 0.15) is 10.8 Å². The van der Waals surface area contributed by atoms with Gasteiger partial charge in [-0.1, -0.05) is 11.6 Å². The van der Waals surface area contributed by atoms with Crippen molar-refractivity contribution in [2.45, 2.75) is 31.7 Å². The van der Waals surface area contributed by atoms with Crippen LogP contribution in [-0.4, -0.2) is 44.9 Å². The minimum absolute atomic E-state index is 0.0347. The van der Waals surface area contributed by atoms with Crippen LogP contribution in [0, 0.1) is 0 Å². The fraction of sp³-hybridized carbons (Fsp3) is 0.412. The van der Waals surface area contributed by atoms with E-state index in [0.717, 1.165) is 5.56 Å². The van der Waals surface area contributed by atoms with Gasteiger partial charge in [-0.3, -0.25) is 14.6 Å². The minimum atomic E-state index is -0.504. The molecule has 1 aliphatic heterocycles. The smallest absolute Gasteiger partial charge is 0.270 e. The molecule has 1 aliphatic rings. The fourth-order valence-corrected chi connectivity index (χ4v) is 3.30. The lowest BCUT2D eigenvalue weighted by molar-refractivity contribution is -0.133. The lowest BCUT2D eigenvalue weighted by Crippen LogP contribution is -2.45. The van der Waals surface area contributed by atoms with Gasteiger partial charge in [0.25, 0.3) is 5.56 Å². The lowest BCUT2D eigenvalue weighted by atomic mass is 9.92. The SMILES string of the molecule is CC(N)C(=O)N1CCC(c2nc(-c3ccncc3)[nH]c(=O)c2Cl)CC1. The molecule has 3 heterocycles. The highest BCUT2D eigenvalue weighted by atomic mass is 35.5. The van der Waals surface area contributed by atoms with Crippen LogP contribution < -0.4 is 11.3 Å². The summed E-state index contributed by atoms with van der Waals surface area (Å²) in [7, 11) is 0. The van der Waals surface area contributed by atoms with E-state index in [1.54, 1.807) is 36.4 Å². The molecule has 0 aliphatic carbocycles. The summed E-state index contributed by atoms with van der Waals surface area (Å²) in [5.41, 5.74) is 6.67. The summed E-state index contributed by atoms with van der Waals surface area (Å²) in [6.07, 6.45) is 4.68. The molecular weight excluding hydrogens is 342 g/mol. The van der Waals surface area contributed by atoms with E-state index in [1.807, 2.05) is 0 Å². The average molecular weight is 362 g/mol. The first-order chi connectivity index (χ1) is 12.0. The zero-order valence-electron chi connectivity index (χ0n) is 13.9. The summed E-state index contributed by atoms with van der Waals surface area (Å²) >= 11 is 6.22. The third-order valence-corrected chi connectivity index (χ3v) is 4.79. The molecule has 1 fully saturated rings. The van der Waals surface area contributed by atoms with Crippen molar-refractivity contribution in [3.8, 4) is 11.4 Å². The van der Waals surface area contributed by atoms with E-state index in [4.69, 9.17) is 17.3 Å². The number of piperidine rings is 1. The summed E-state index contributed by atoms with van der Waals surface area (Å²) in [4.78, 5) is 37.2. The zero-order chi connectivity index (χ0) is 18.0. The van der Waals surface area contributed by atoms with Gasteiger partial charge in [0.05, 0.1) is 11.7 Å². The van der Waals surface area contributed by atoms with Crippen LogP contribution in [0.25, 0.3) is 11.4 Å². The summed E-state index contributed by atoms with van der Waals surface area (Å²) in [5, 5.41) is 0.120. The van der Waals surface area contributed by atoms with Crippen molar-refractivity contribution in [3.63, 3.8) is 0 Å². The molecule has 8 heteroatoms. The molecule has 2 aromatic rings. The first-order valence-electron chi connectivity index (χ1n) is 8.22. The second-order valence-electron chi connectivity index (χ2n) is 6.24. The van der Waals surface area contributed by atoms with E-state index >= 15 is 0 Å². The van der Waals surface area contributed by atoms with Crippen LogP contribution in [0.3, 0.4) is 0 Å². The number of aromatic nitrogens is 3. The predicted octanol–water partition coefficient (Wildman–Crippen LogP) is 1.54. The first-order valence-corrected chi connectivity index (χ1v) is 8.59. The Kier molecular flexibility index (Phi) is 5.15. The Labute approximate surface area is 150 Å². The standard InChI is InChI=1S/C17H20ClN5O2/c1-10(19)17(25)23-8-4-11(5-9-23)14-13(18)16(24)22-15(21-14)12-2-6-20-7-3-12/h2-3,6-7,10-11H,4-5,8-9,19H2,1H3,(H,21,22,24). The molecule has 0 radical (unpaired) electrons. The molecule has 1 atom stereocenters. The number of H-pyrrole nitrogens is 1. The Morgan fingerprint density at radius 3 is 2.60 bits per heavy atom. The van der Waals surface area contributed by atoms with Crippen molar-refractivity contribution in [2.75, 3.05) is 13.1 Å². The maximum absolute atomic E-state index is 12.2. The number of hydrogen-bond acceptors (Lipinski definition) is 5. The van der Waals surface area contributed by atoms with E-state index in [0.29, 0.717) is 37.4 Å². The number of carbonyl (C=O) groups is 1. The Balaban J connectivity index is 1.85. The van der Waals surface area contributed by atoms with E-state index in [1.165, 1.54) is 0 Å². The molecular formula is C17H20ClN5O2. The predicted molar refractivity (Wildman–Crippen MR) is 95.3 cm³/mol. The molecule has 7 nitrogen and oxygen atoms in total. The number of halogens is 1. The molecule has 1 amide bonds. The second kappa shape index (κ2) is 7.33. The van der Waals surface area contributed by atoms with Crippen LogP contribution in [-0.2, 0) is 4.79 Å². The highest BCUT2D eigenvalue weighted by Gasteiger charge is 2.28. The molecule has 0 saturated carbocycles. The Morgan fingerprint density at radius 2 is 2.00 bits per heavy atom. The number of carbonyl (C=O) groups excluding carboxylic acids is 1. The van der Waals surface area contributed by atoms with Gasteiger partial charge in [0, 0.05) is 37.0 Å². The highest BCUT2D eigenvalue weighted by molar-refractivity contribution is 6.31. The monoisotopic (exact) mass is 361 g/mol. The number of nitrogens with zero attached hydrogens (tertiary/aromatic N) is 3. The third kappa shape index (κ3) is 3.72. The molecule has 0 aromatic carbocycles. The quantitative estimate of drug-likeness (QED) is 0.862. The van der Waals surface area contributed by atoms with Crippen LogP contribution in [0.5, 0.6) is 0 Å². The fourth-order valence-electron chi connectivity index (χ4n) is 3.05. The maximum atomic E-state index is 12.2. The van der Waals surface area contributed by atoms with Crippen LogP contribution in [0.4, 0.5) is 0 Å². The molecule has 3 N–H and O–H groups in total. The Bertz CT molecular complexity index is 814. The average Bonchev–Trinajstić information content (AvgIpc) is 2.64. The van der Waals surface area contributed by atoms with Crippen molar-refractivity contribution in [3.05, 3.63) is 45.6 Å². The molecule has 132 valence electrons. The molecule has 1 saturated heterocycles. The van der Waals surface area contributed by atoms with Crippen molar-refractivity contribution >= 4 is 17.5 Å². The summed E-state index contributed by atoms with van der Waals surface area (Å²) in [5.74, 6) is 0.453. The van der Waals surface area contributed by atoms with Crippen molar-refractivity contribution in [1.29, 1.82) is 0 Å². The summed E-state index contributed by atoms with van der Waals surface area (Å²) in [6, 6.07) is 3.05. The van der Waals surface area contributed by atoms with Crippen molar-refractivity contribution in [2.24, 2.45) is 5.73 Å². The van der Waals surface area contributed by atoms with Gasteiger partial charge < -0.3 is 15.6 Å². The van der Waals surface area contributed by atoms with Gasteiger partial charge in [-0.2, -0.15) is 0 Å². The van der Waals surface area contributed by atoms with Crippen LogP contribution >= 0.6 is 11.6 Å². The zero-order valence-corrected chi connectivity index (χ0v) is 14.7. The van der Waals surface area contributed by atoms with Crippen LogP contribution in [0.2, 0.25) is 5.02 Å². The number of nitrogens with one attached hydrogen (secondary N) is 1. The number of pyridine rings is 1. The van der Waals surface area contributed by atoms with E-state index in [2.05, 4.69) is 15.0 Å². The number of likely N-dealkylation sites (tertiary alicyclic amines) is 1. The second-order valence-corrected chi connectivity index (χ2v) is 6.62. The molecule has 0 bridgehead atoms. The van der Waals surface area contributed by atoms with Crippen LogP contribution in [0.1, 0.15) is 31.4 Å². The maximum Gasteiger partial charge on any atom is 0.270 e. The Hall–Kier alpha value is -2.25. The molecule has 2 aromatic heterocycles. The summed E-state index contributed by atoms with van der Waals surface area (Å²) < 4.78 is 0. The highest BCUT2D eigenvalue weighted by Crippen LogP contribution is 2.31. The van der Waals surface area contributed by atoms with Crippen molar-refractivity contribution in [1.82, 2.24) is 19.9 Å². The number of nitrogens with two attached hydrogens (primary N) is 1. The number of amides is 1. The molecule has 25 heavy (non-hydrogen) atoms. The summed E-state index contributed by atoms with van der Waals surface area (Å²) in [6.45, 7) is 2.85. The van der Waals surface area contributed by atoms with Gasteiger partial charge in [-0.15, -0.1) is 0 Å². The van der Waals surface area contributed by atoms with E-state index in [9.17, 15) is 9.59 Å². The third-order valence-electron chi connectivity index (χ3n) is 4.43. The lowest BCUT2D eigenvalue weighted by Gasteiger charge is -2.33. The Morgan fingerprint density at radius 1 is 1.36 bits per heavy atom. The number of rotatable bonds is 3. The van der Waals surface area contributed by atoms with Gasteiger partial charge in [0.15, 0.2) is 0 Å². The molecule has 0 spiro atoms. The van der Waals surface area contributed by atoms with Gasteiger partial charge >= 0.3 is 0 Å². The minimum Gasteiger partial charge on any atom is -0.341 e. The topological polar surface area (TPSA) is 105 Å². The van der Waals surface area contributed by atoms with Gasteiger partial charge in [-0.25, -0.2) is 4.98 Å². The van der Waals surface area contributed by atoms with E-state index < -0.39 is 6.04 Å².